The summed E-state index contributed by atoms with van der Waals surface area (Å²) in [6, 6.07) is 18.4. The van der Waals surface area contributed by atoms with Gasteiger partial charge in [-0.3, -0.25) is 0 Å². The van der Waals surface area contributed by atoms with Crippen LogP contribution in [0.2, 0.25) is 0 Å². The van der Waals surface area contributed by atoms with Gasteiger partial charge in [-0.05, 0) is 69.3 Å². The molecule has 23 heavy (non-hydrogen) atoms. The predicted molar refractivity (Wildman–Crippen MR) is 100 cm³/mol. The van der Waals surface area contributed by atoms with Crippen LogP contribution in [0.3, 0.4) is 0 Å². The van der Waals surface area contributed by atoms with Crippen molar-refractivity contribution in [1.29, 1.82) is 0 Å². The summed E-state index contributed by atoms with van der Waals surface area (Å²) >= 11 is 0. The lowest BCUT2D eigenvalue weighted by atomic mass is 9.81. The van der Waals surface area contributed by atoms with E-state index in [-0.39, 0.29) is 5.41 Å². The molecule has 0 amide bonds. The molecule has 0 fully saturated rings. The molecule has 0 saturated heterocycles. The molecular formula is C23H24. The summed E-state index contributed by atoms with van der Waals surface area (Å²) in [6.45, 7) is 9.20. The Morgan fingerprint density at radius 2 is 1.65 bits per heavy atom. The average molecular weight is 300 g/mol. The Kier molecular flexibility index (Phi) is 3.13. The average Bonchev–Trinajstić information content (AvgIpc) is 2.92. The third-order valence-corrected chi connectivity index (χ3v) is 5.75. The molecule has 3 aromatic rings. The van der Waals surface area contributed by atoms with Crippen molar-refractivity contribution in [3.63, 3.8) is 0 Å². The van der Waals surface area contributed by atoms with Crippen molar-refractivity contribution >= 4 is 10.8 Å². The van der Waals surface area contributed by atoms with Gasteiger partial charge in [0.25, 0.3) is 0 Å². The first-order valence-corrected chi connectivity index (χ1v) is 8.66. The highest BCUT2D eigenvalue weighted by atomic mass is 14.3. The summed E-state index contributed by atoms with van der Waals surface area (Å²) < 4.78 is 0. The van der Waals surface area contributed by atoms with Gasteiger partial charge in [0.15, 0.2) is 0 Å². The van der Waals surface area contributed by atoms with Gasteiger partial charge in [0.05, 0.1) is 0 Å². The van der Waals surface area contributed by atoms with Gasteiger partial charge in [0.1, 0.15) is 0 Å². The standard InChI is InChI=1S/C23H24/c1-5-23(3,4)18-10-11-20-16(14-18)13-17-12-15(2)19-8-6-7-9-21(19)22(17)20/h6-12,14H,5,13H2,1-4H3. The maximum absolute atomic E-state index is 2.45. The van der Waals surface area contributed by atoms with Gasteiger partial charge >= 0.3 is 0 Å². The number of rotatable bonds is 2. The molecule has 0 nitrogen and oxygen atoms in total. The second-order valence-electron chi connectivity index (χ2n) is 7.56. The Morgan fingerprint density at radius 1 is 0.913 bits per heavy atom. The molecule has 0 saturated carbocycles. The van der Waals surface area contributed by atoms with Crippen molar-refractivity contribution in [1.82, 2.24) is 0 Å². The third kappa shape index (κ3) is 2.12. The molecule has 0 atom stereocenters. The van der Waals surface area contributed by atoms with E-state index in [0.717, 1.165) is 6.42 Å². The number of aryl methyl sites for hydroxylation is 1. The molecule has 0 N–H and O–H groups in total. The molecule has 1 aliphatic rings. The molecule has 0 spiro atoms. The smallest absolute Gasteiger partial charge is 0.00130 e. The van der Waals surface area contributed by atoms with Gasteiger partial charge in [-0.1, -0.05) is 69.3 Å². The Balaban J connectivity index is 1.95. The summed E-state index contributed by atoms with van der Waals surface area (Å²) in [6.07, 6.45) is 2.24. The summed E-state index contributed by atoms with van der Waals surface area (Å²) in [4.78, 5) is 0. The van der Waals surface area contributed by atoms with Crippen LogP contribution in [-0.2, 0) is 11.8 Å². The monoisotopic (exact) mass is 300 g/mol. The highest BCUT2D eigenvalue weighted by Crippen LogP contribution is 2.44. The van der Waals surface area contributed by atoms with E-state index in [9.17, 15) is 0 Å². The van der Waals surface area contributed by atoms with E-state index in [1.165, 1.54) is 50.6 Å². The lowest BCUT2D eigenvalue weighted by Crippen LogP contribution is -2.15. The Bertz CT molecular complexity index is 913. The van der Waals surface area contributed by atoms with E-state index in [1.54, 1.807) is 0 Å². The molecule has 0 aliphatic heterocycles. The second-order valence-corrected chi connectivity index (χ2v) is 7.56. The minimum Gasteiger partial charge on any atom is -0.0646 e. The predicted octanol–water partition coefficient (Wildman–Crippen LogP) is 6.41. The van der Waals surface area contributed by atoms with Crippen molar-refractivity contribution in [2.45, 2.75) is 46.0 Å². The topological polar surface area (TPSA) is 0 Å². The first kappa shape index (κ1) is 14.5. The van der Waals surface area contributed by atoms with Gasteiger partial charge in [-0.25, -0.2) is 0 Å². The fourth-order valence-corrected chi connectivity index (χ4v) is 3.90. The number of hydrogen-bond acceptors (Lipinski definition) is 0. The first-order valence-electron chi connectivity index (χ1n) is 8.66. The number of fused-ring (bicyclic) bond motifs is 5. The fraction of sp³-hybridized carbons (Fsp3) is 0.304. The molecule has 1 aliphatic carbocycles. The van der Waals surface area contributed by atoms with E-state index in [4.69, 9.17) is 0 Å². The van der Waals surface area contributed by atoms with Crippen molar-refractivity contribution in [2.24, 2.45) is 0 Å². The number of hydrogen-bond donors (Lipinski definition) is 0. The van der Waals surface area contributed by atoms with E-state index >= 15 is 0 Å². The molecule has 0 heteroatoms. The van der Waals surface area contributed by atoms with Crippen LogP contribution in [0.5, 0.6) is 0 Å². The Morgan fingerprint density at radius 3 is 2.39 bits per heavy atom. The number of benzene rings is 3. The van der Waals surface area contributed by atoms with Gasteiger partial charge in [0, 0.05) is 0 Å². The molecule has 0 unspecified atom stereocenters. The first-order chi connectivity index (χ1) is 11.0. The zero-order chi connectivity index (χ0) is 16.2. The second kappa shape index (κ2) is 4.96. The van der Waals surface area contributed by atoms with Crippen molar-refractivity contribution < 1.29 is 0 Å². The quantitative estimate of drug-likeness (QED) is 0.401. The Labute approximate surface area is 139 Å². The highest BCUT2D eigenvalue weighted by molar-refractivity contribution is 6.02. The molecular weight excluding hydrogens is 276 g/mol. The molecule has 4 rings (SSSR count). The largest absolute Gasteiger partial charge is 0.0646 e. The van der Waals surface area contributed by atoms with Crippen molar-refractivity contribution in [2.75, 3.05) is 0 Å². The highest BCUT2D eigenvalue weighted by Gasteiger charge is 2.25. The molecule has 3 aromatic carbocycles. The van der Waals surface area contributed by atoms with Crippen LogP contribution >= 0.6 is 0 Å². The van der Waals surface area contributed by atoms with Crippen LogP contribution < -0.4 is 0 Å². The lowest BCUT2D eigenvalue weighted by molar-refractivity contribution is 0.506. The van der Waals surface area contributed by atoms with Crippen LogP contribution in [0.25, 0.3) is 21.9 Å². The summed E-state index contributed by atoms with van der Waals surface area (Å²) in [5.41, 5.74) is 8.99. The summed E-state index contributed by atoms with van der Waals surface area (Å²) in [7, 11) is 0. The van der Waals surface area contributed by atoms with Crippen LogP contribution in [0.1, 0.15) is 49.4 Å². The normalized spacial score (nSPS) is 13.2. The van der Waals surface area contributed by atoms with E-state index in [1.807, 2.05) is 0 Å². The molecule has 0 radical (unpaired) electrons. The molecule has 0 aromatic heterocycles. The maximum Gasteiger partial charge on any atom is -0.00130 e. The molecule has 0 bridgehead atoms. The zero-order valence-electron chi connectivity index (χ0n) is 14.5. The summed E-state index contributed by atoms with van der Waals surface area (Å²) in [5.74, 6) is 0. The van der Waals surface area contributed by atoms with E-state index < -0.39 is 0 Å². The molecule has 116 valence electrons. The van der Waals surface area contributed by atoms with Crippen LogP contribution in [-0.4, -0.2) is 0 Å². The maximum atomic E-state index is 2.45. The van der Waals surface area contributed by atoms with Gasteiger partial charge in [0.2, 0.25) is 0 Å². The minimum absolute atomic E-state index is 0.252. The molecule has 0 heterocycles. The van der Waals surface area contributed by atoms with Crippen molar-refractivity contribution in [3.05, 3.63) is 70.8 Å². The SMILES string of the molecule is CCC(C)(C)c1ccc2c(c1)Cc1cc(C)c3ccccc3c1-2. The zero-order valence-corrected chi connectivity index (χ0v) is 14.5. The lowest BCUT2D eigenvalue weighted by Gasteiger charge is -2.24. The van der Waals surface area contributed by atoms with Crippen molar-refractivity contribution in [3.8, 4) is 11.1 Å². The summed E-state index contributed by atoms with van der Waals surface area (Å²) in [5, 5.41) is 2.79. The van der Waals surface area contributed by atoms with Crippen LogP contribution in [0.4, 0.5) is 0 Å². The van der Waals surface area contributed by atoms with Gasteiger partial charge in [-0.15, -0.1) is 0 Å². The van der Waals surface area contributed by atoms with Crippen LogP contribution in [0, 0.1) is 6.92 Å². The van der Waals surface area contributed by atoms with E-state index in [0.29, 0.717) is 0 Å². The van der Waals surface area contributed by atoms with Gasteiger partial charge in [-0.2, -0.15) is 0 Å². The third-order valence-electron chi connectivity index (χ3n) is 5.75. The fourth-order valence-electron chi connectivity index (χ4n) is 3.90. The van der Waals surface area contributed by atoms with E-state index in [2.05, 4.69) is 76.2 Å². The minimum atomic E-state index is 0.252. The Hall–Kier alpha value is -2.08. The van der Waals surface area contributed by atoms with Crippen LogP contribution in [0.15, 0.2) is 48.5 Å². The van der Waals surface area contributed by atoms with Gasteiger partial charge < -0.3 is 0 Å².